The zero-order chi connectivity index (χ0) is 23.5. The zero-order valence-electron chi connectivity index (χ0n) is 18.7. The van der Waals surface area contributed by atoms with Crippen molar-refractivity contribution in [2.75, 3.05) is 6.61 Å². The maximum Gasteiger partial charge on any atom is 0.351 e. The minimum Gasteiger partial charge on any atom is -0.463 e. The molecule has 0 spiro atoms. The Hall–Kier alpha value is -1.40. The molecule has 0 radical (unpaired) electrons. The highest BCUT2D eigenvalue weighted by Crippen LogP contribution is 2.67. The molecule has 0 bridgehead atoms. The summed E-state index contributed by atoms with van der Waals surface area (Å²) in [6.07, 6.45) is 5.43. The Bertz CT molecular complexity index is 897. The Morgan fingerprint density at radius 3 is 2.53 bits per heavy atom. The molecule has 6 nitrogen and oxygen atoms in total. The first-order valence-corrected chi connectivity index (χ1v) is 12.3. The van der Waals surface area contributed by atoms with E-state index < -0.39 is 27.8 Å². The Kier molecular flexibility index (Phi) is 6.03. The van der Waals surface area contributed by atoms with Gasteiger partial charge in [0.1, 0.15) is 5.78 Å². The van der Waals surface area contributed by atoms with E-state index in [4.69, 9.17) is 32.7 Å². The number of esters is 2. The Labute approximate surface area is 198 Å². The number of carbonyl (C=O) groups is 4. The van der Waals surface area contributed by atoms with E-state index in [-0.39, 0.29) is 54.2 Å². The van der Waals surface area contributed by atoms with Crippen LogP contribution in [0.2, 0.25) is 0 Å². The average molecular weight is 485 g/mol. The lowest BCUT2D eigenvalue weighted by atomic mass is 9.46. The van der Waals surface area contributed by atoms with Crippen LogP contribution in [0.25, 0.3) is 0 Å². The molecule has 4 rings (SSSR count). The maximum absolute atomic E-state index is 13.7. The van der Waals surface area contributed by atoms with Crippen molar-refractivity contribution in [1.82, 2.24) is 0 Å². The van der Waals surface area contributed by atoms with Crippen molar-refractivity contribution in [2.45, 2.75) is 76.2 Å². The number of halogens is 2. The molecule has 0 saturated heterocycles. The van der Waals surface area contributed by atoms with Gasteiger partial charge in [0, 0.05) is 24.2 Å². The molecule has 0 N–H and O–H groups in total. The first-order chi connectivity index (χ1) is 15.0. The second-order valence-electron chi connectivity index (χ2n) is 10.2. The van der Waals surface area contributed by atoms with Gasteiger partial charge in [0.25, 0.3) is 0 Å². The van der Waals surface area contributed by atoms with Crippen LogP contribution in [-0.2, 0) is 28.7 Å². The third-order valence-electron chi connectivity index (χ3n) is 8.83. The second-order valence-corrected chi connectivity index (χ2v) is 11.3. The summed E-state index contributed by atoms with van der Waals surface area (Å²) in [5.74, 6) is -1.48. The van der Waals surface area contributed by atoms with Gasteiger partial charge in [-0.15, -0.1) is 0 Å². The lowest BCUT2D eigenvalue weighted by Crippen LogP contribution is -2.62. The first kappa shape index (κ1) is 23.7. The Morgan fingerprint density at radius 1 is 1.16 bits per heavy atom. The summed E-state index contributed by atoms with van der Waals surface area (Å²) in [4.78, 5) is 50.0. The maximum atomic E-state index is 13.7. The van der Waals surface area contributed by atoms with Crippen LogP contribution in [0.3, 0.4) is 0 Å². The highest BCUT2D eigenvalue weighted by Gasteiger charge is 2.71. The molecule has 0 aliphatic heterocycles. The highest BCUT2D eigenvalue weighted by atomic mass is 35.5. The molecular weight excluding hydrogens is 455 g/mol. The normalized spacial score (nSPS) is 40.8. The van der Waals surface area contributed by atoms with Gasteiger partial charge in [-0.1, -0.05) is 42.6 Å². The number of alkyl halides is 2. The lowest BCUT2D eigenvalue weighted by molar-refractivity contribution is -0.204. The molecule has 0 aromatic carbocycles. The molecule has 32 heavy (non-hydrogen) atoms. The standard InChI is InChI=1S/C24H30Cl2O6/c1-4-31-21(30)24(32-20(29)19(25)26)10-8-16-15-6-5-13-11-14(27)7-9-22(13,2)18(15)17(28)12-23(16,24)3/h11,15-16,18-19H,4-10,12H2,1-3H3/t15-,16-,18-,22-,23-,24?/m0/s1. The van der Waals surface area contributed by atoms with Crippen molar-refractivity contribution >= 4 is 46.7 Å². The fraction of sp³-hybridized carbons (Fsp3) is 0.750. The van der Waals surface area contributed by atoms with Gasteiger partial charge in [0.2, 0.25) is 10.4 Å². The summed E-state index contributed by atoms with van der Waals surface area (Å²) in [6, 6.07) is 0. The molecule has 0 aromatic heterocycles. The van der Waals surface area contributed by atoms with E-state index in [1.54, 1.807) is 13.0 Å². The molecule has 3 fully saturated rings. The highest BCUT2D eigenvalue weighted by molar-refractivity contribution is 6.53. The minimum absolute atomic E-state index is 0.00232. The number of Topliss-reactive ketones (excluding diaryl/α,β-unsaturated/α-hetero) is 1. The van der Waals surface area contributed by atoms with Crippen LogP contribution >= 0.6 is 23.2 Å². The quantitative estimate of drug-likeness (QED) is 0.435. The van der Waals surface area contributed by atoms with E-state index in [9.17, 15) is 19.2 Å². The summed E-state index contributed by atoms with van der Waals surface area (Å²) in [5, 5.41) is 0. The number of ketones is 2. The minimum atomic E-state index is -1.59. The van der Waals surface area contributed by atoms with Gasteiger partial charge in [-0.05, 0) is 62.4 Å². The Balaban J connectivity index is 1.75. The van der Waals surface area contributed by atoms with Crippen LogP contribution in [0.4, 0.5) is 0 Å². The van der Waals surface area contributed by atoms with Crippen LogP contribution in [0.1, 0.15) is 65.7 Å². The topological polar surface area (TPSA) is 86.7 Å². The van der Waals surface area contributed by atoms with Crippen LogP contribution < -0.4 is 0 Å². The summed E-state index contributed by atoms with van der Waals surface area (Å²) >= 11 is 11.5. The van der Waals surface area contributed by atoms with Crippen molar-refractivity contribution in [2.24, 2.45) is 28.6 Å². The van der Waals surface area contributed by atoms with E-state index in [0.29, 0.717) is 19.3 Å². The lowest BCUT2D eigenvalue weighted by Gasteiger charge is -2.57. The number of carbonyl (C=O) groups excluding carboxylic acids is 4. The van der Waals surface area contributed by atoms with Gasteiger partial charge < -0.3 is 9.47 Å². The molecule has 6 atom stereocenters. The number of ether oxygens (including phenoxy) is 2. The van der Waals surface area contributed by atoms with Crippen LogP contribution in [0.15, 0.2) is 11.6 Å². The third kappa shape index (κ3) is 3.27. The number of allylic oxidation sites excluding steroid dienone is 1. The number of rotatable bonds is 4. The van der Waals surface area contributed by atoms with E-state index in [1.807, 2.05) is 6.92 Å². The van der Waals surface area contributed by atoms with Gasteiger partial charge >= 0.3 is 11.9 Å². The molecule has 0 aromatic rings. The van der Waals surface area contributed by atoms with Gasteiger partial charge in [-0.2, -0.15) is 0 Å². The molecule has 176 valence electrons. The van der Waals surface area contributed by atoms with Crippen molar-refractivity contribution in [3.63, 3.8) is 0 Å². The molecule has 3 saturated carbocycles. The smallest absolute Gasteiger partial charge is 0.351 e. The van der Waals surface area contributed by atoms with E-state index in [0.717, 1.165) is 18.4 Å². The Morgan fingerprint density at radius 2 is 1.88 bits per heavy atom. The molecule has 0 heterocycles. The largest absolute Gasteiger partial charge is 0.463 e. The fourth-order valence-corrected chi connectivity index (χ4v) is 7.47. The van der Waals surface area contributed by atoms with Crippen molar-refractivity contribution in [3.8, 4) is 0 Å². The van der Waals surface area contributed by atoms with E-state index >= 15 is 0 Å². The summed E-state index contributed by atoms with van der Waals surface area (Å²) in [5.41, 5.74) is -1.75. The van der Waals surface area contributed by atoms with Crippen LogP contribution in [-0.4, -0.2) is 40.5 Å². The predicted molar refractivity (Wildman–Crippen MR) is 118 cm³/mol. The second kappa shape index (κ2) is 8.12. The number of fused-ring (bicyclic) bond motifs is 5. The monoisotopic (exact) mass is 484 g/mol. The predicted octanol–water partition coefficient (Wildman–Crippen LogP) is 4.35. The third-order valence-corrected chi connectivity index (χ3v) is 9.19. The molecule has 0 amide bonds. The zero-order valence-corrected chi connectivity index (χ0v) is 20.3. The van der Waals surface area contributed by atoms with Gasteiger partial charge in [-0.25, -0.2) is 9.59 Å². The number of hydrogen-bond acceptors (Lipinski definition) is 6. The number of hydrogen-bond donors (Lipinski definition) is 0. The summed E-state index contributed by atoms with van der Waals surface area (Å²) in [7, 11) is 0. The molecule has 4 aliphatic carbocycles. The van der Waals surface area contributed by atoms with Gasteiger partial charge in [0.05, 0.1) is 6.61 Å². The summed E-state index contributed by atoms with van der Waals surface area (Å²) < 4.78 is 11.1. The molecule has 1 unspecified atom stereocenters. The molecule has 4 aliphatic rings. The van der Waals surface area contributed by atoms with Crippen molar-refractivity contribution < 1.29 is 28.7 Å². The van der Waals surface area contributed by atoms with Gasteiger partial charge in [0.15, 0.2) is 5.78 Å². The fourth-order valence-electron chi connectivity index (χ4n) is 7.38. The van der Waals surface area contributed by atoms with Gasteiger partial charge in [-0.3, -0.25) is 9.59 Å². The van der Waals surface area contributed by atoms with Crippen LogP contribution in [0, 0.1) is 28.6 Å². The van der Waals surface area contributed by atoms with Crippen LogP contribution in [0.5, 0.6) is 0 Å². The first-order valence-electron chi connectivity index (χ1n) is 11.4. The van der Waals surface area contributed by atoms with E-state index in [1.165, 1.54) is 0 Å². The average Bonchev–Trinajstić information content (AvgIpc) is 3.01. The summed E-state index contributed by atoms with van der Waals surface area (Å²) in [6.45, 7) is 5.81. The van der Waals surface area contributed by atoms with Crippen molar-refractivity contribution in [3.05, 3.63) is 11.6 Å². The SMILES string of the molecule is CCOC(=O)C1(OC(=O)C(Cl)Cl)CC[C@H]2[C@@H]3CCC4=CC(=O)CC[C@]4(C)[C@@H]3C(=O)C[C@@]21C. The molecular formula is C24H30Cl2O6. The van der Waals surface area contributed by atoms with E-state index in [2.05, 4.69) is 6.92 Å². The van der Waals surface area contributed by atoms with Crippen molar-refractivity contribution in [1.29, 1.82) is 0 Å². The molecule has 8 heteroatoms.